The van der Waals surface area contributed by atoms with E-state index in [1.165, 1.54) is 4.90 Å². The molecule has 126 valence electrons. The van der Waals surface area contributed by atoms with Crippen LogP contribution in [-0.4, -0.2) is 47.4 Å². The average Bonchev–Trinajstić information content (AvgIpc) is 2.49. The fourth-order valence-corrected chi connectivity index (χ4v) is 2.05. The third-order valence-electron chi connectivity index (χ3n) is 3.57. The topological polar surface area (TPSA) is 86.7 Å². The minimum atomic E-state index is -0.963. The van der Waals surface area contributed by atoms with Gasteiger partial charge >= 0.3 is 5.97 Å². The lowest BCUT2D eigenvalue weighted by Gasteiger charge is -2.26. The first-order chi connectivity index (χ1) is 10.7. The second-order valence-electron chi connectivity index (χ2n) is 5.96. The highest BCUT2D eigenvalue weighted by molar-refractivity contribution is 5.97. The molecule has 0 spiro atoms. The van der Waals surface area contributed by atoms with Crippen LogP contribution in [0.5, 0.6) is 0 Å². The molecular formula is C17H24N2O4. The van der Waals surface area contributed by atoms with E-state index >= 15 is 0 Å². The van der Waals surface area contributed by atoms with Gasteiger partial charge < -0.3 is 15.3 Å². The standard InChI is InChI=1S/C17H24N2O4/c1-11(2)15(17(23)19(4)10-9-14(20)21)18-16(22)13-7-5-12(3)6-8-13/h5-8,11,15H,9-10H2,1-4H3,(H,18,22)(H,20,21). The molecule has 6 nitrogen and oxygen atoms in total. The molecule has 1 atom stereocenters. The number of carboxylic acids is 1. The Hall–Kier alpha value is -2.37. The van der Waals surface area contributed by atoms with Gasteiger partial charge in [0.15, 0.2) is 0 Å². The van der Waals surface area contributed by atoms with Crippen LogP contribution in [0.15, 0.2) is 24.3 Å². The van der Waals surface area contributed by atoms with E-state index in [2.05, 4.69) is 5.32 Å². The van der Waals surface area contributed by atoms with Crippen LogP contribution >= 0.6 is 0 Å². The van der Waals surface area contributed by atoms with Gasteiger partial charge in [-0.05, 0) is 25.0 Å². The van der Waals surface area contributed by atoms with Crippen molar-refractivity contribution in [3.63, 3.8) is 0 Å². The molecule has 2 amide bonds. The maximum absolute atomic E-state index is 12.4. The van der Waals surface area contributed by atoms with Gasteiger partial charge in [0.1, 0.15) is 6.04 Å². The molecular weight excluding hydrogens is 296 g/mol. The Morgan fingerprint density at radius 1 is 1.17 bits per heavy atom. The van der Waals surface area contributed by atoms with Crippen molar-refractivity contribution in [3.05, 3.63) is 35.4 Å². The zero-order valence-corrected chi connectivity index (χ0v) is 14.0. The first kappa shape index (κ1) is 18.7. The minimum Gasteiger partial charge on any atom is -0.481 e. The molecule has 0 fully saturated rings. The van der Waals surface area contributed by atoms with E-state index in [0.29, 0.717) is 5.56 Å². The van der Waals surface area contributed by atoms with Gasteiger partial charge in [-0.1, -0.05) is 31.5 Å². The molecule has 1 aromatic carbocycles. The van der Waals surface area contributed by atoms with Crippen molar-refractivity contribution in [2.45, 2.75) is 33.2 Å². The SMILES string of the molecule is Cc1ccc(C(=O)NC(C(=O)N(C)CCC(=O)O)C(C)C)cc1. The molecule has 1 rings (SSSR count). The Kier molecular flexibility index (Phi) is 6.75. The molecule has 0 saturated carbocycles. The number of carbonyl (C=O) groups is 3. The van der Waals surface area contributed by atoms with Crippen molar-refractivity contribution >= 4 is 17.8 Å². The monoisotopic (exact) mass is 320 g/mol. The third-order valence-corrected chi connectivity index (χ3v) is 3.57. The lowest BCUT2D eigenvalue weighted by molar-refractivity contribution is -0.138. The van der Waals surface area contributed by atoms with Crippen molar-refractivity contribution in [2.75, 3.05) is 13.6 Å². The Morgan fingerprint density at radius 3 is 2.22 bits per heavy atom. The number of aryl methyl sites for hydroxylation is 1. The molecule has 0 aliphatic carbocycles. The summed E-state index contributed by atoms with van der Waals surface area (Å²) in [6.07, 6.45) is -0.126. The van der Waals surface area contributed by atoms with E-state index in [-0.39, 0.29) is 30.7 Å². The Morgan fingerprint density at radius 2 is 1.74 bits per heavy atom. The number of benzene rings is 1. The Bertz CT molecular complexity index is 566. The van der Waals surface area contributed by atoms with Gasteiger partial charge in [-0.2, -0.15) is 0 Å². The van der Waals surface area contributed by atoms with Crippen molar-refractivity contribution in [1.29, 1.82) is 0 Å². The number of nitrogens with one attached hydrogen (secondary N) is 1. The molecule has 2 N–H and O–H groups in total. The third kappa shape index (κ3) is 5.73. The van der Waals surface area contributed by atoms with Gasteiger partial charge in [0.2, 0.25) is 5.91 Å². The van der Waals surface area contributed by atoms with Gasteiger partial charge in [-0.3, -0.25) is 14.4 Å². The maximum Gasteiger partial charge on any atom is 0.305 e. The molecule has 0 aliphatic rings. The lowest BCUT2D eigenvalue weighted by Crippen LogP contribution is -2.50. The molecule has 0 saturated heterocycles. The predicted molar refractivity (Wildman–Crippen MR) is 87.2 cm³/mol. The number of carboxylic acid groups (broad SMARTS) is 1. The second kappa shape index (κ2) is 8.31. The fourth-order valence-electron chi connectivity index (χ4n) is 2.05. The number of nitrogens with zero attached hydrogens (tertiary/aromatic N) is 1. The molecule has 6 heteroatoms. The van der Waals surface area contributed by atoms with E-state index in [4.69, 9.17) is 5.11 Å². The predicted octanol–water partition coefficient (Wildman–Crippen LogP) is 1.68. The van der Waals surface area contributed by atoms with Crippen LogP contribution in [0.1, 0.15) is 36.2 Å². The van der Waals surface area contributed by atoms with Crippen LogP contribution in [0.3, 0.4) is 0 Å². The lowest BCUT2D eigenvalue weighted by atomic mass is 10.0. The summed E-state index contributed by atoms with van der Waals surface area (Å²) in [6.45, 7) is 5.71. The quantitative estimate of drug-likeness (QED) is 0.800. The summed E-state index contributed by atoms with van der Waals surface area (Å²) >= 11 is 0. The summed E-state index contributed by atoms with van der Waals surface area (Å²) in [6, 6.07) is 6.39. The zero-order valence-electron chi connectivity index (χ0n) is 14.0. The molecule has 0 radical (unpaired) electrons. The maximum atomic E-state index is 12.4. The summed E-state index contributed by atoms with van der Waals surface area (Å²) in [5, 5.41) is 11.4. The van der Waals surface area contributed by atoms with Gasteiger partial charge in [-0.15, -0.1) is 0 Å². The van der Waals surface area contributed by atoms with Gasteiger partial charge in [0.25, 0.3) is 5.91 Å². The number of amides is 2. The van der Waals surface area contributed by atoms with Crippen LogP contribution in [0, 0.1) is 12.8 Å². The number of hydrogen-bond donors (Lipinski definition) is 2. The van der Waals surface area contributed by atoms with Crippen molar-refractivity contribution in [2.24, 2.45) is 5.92 Å². The van der Waals surface area contributed by atoms with E-state index in [1.54, 1.807) is 19.2 Å². The number of hydrogen-bond acceptors (Lipinski definition) is 3. The van der Waals surface area contributed by atoms with Crippen LogP contribution < -0.4 is 5.32 Å². The van der Waals surface area contributed by atoms with Crippen LogP contribution in [0.4, 0.5) is 0 Å². The van der Waals surface area contributed by atoms with Crippen LogP contribution in [-0.2, 0) is 9.59 Å². The fraction of sp³-hybridized carbons (Fsp3) is 0.471. The summed E-state index contributed by atoms with van der Waals surface area (Å²) in [5.74, 6) is -1.68. The average molecular weight is 320 g/mol. The van der Waals surface area contributed by atoms with Crippen molar-refractivity contribution in [1.82, 2.24) is 10.2 Å². The van der Waals surface area contributed by atoms with Gasteiger partial charge in [-0.25, -0.2) is 0 Å². The summed E-state index contributed by atoms with van der Waals surface area (Å²) in [5.41, 5.74) is 1.54. The number of likely N-dealkylation sites (N-methyl/N-ethyl adjacent to an activating group) is 1. The molecule has 0 bridgehead atoms. The van der Waals surface area contributed by atoms with Gasteiger partial charge in [0.05, 0.1) is 6.42 Å². The minimum absolute atomic E-state index is 0.107. The van der Waals surface area contributed by atoms with E-state index in [0.717, 1.165) is 5.56 Å². The molecule has 0 aliphatic heterocycles. The number of aliphatic carboxylic acids is 1. The Labute approximate surface area is 136 Å². The van der Waals surface area contributed by atoms with E-state index in [9.17, 15) is 14.4 Å². The highest BCUT2D eigenvalue weighted by Crippen LogP contribution is 2.09. The highest BCUT2D eigenvalue weighted by Gasteiger charge is 2.27. The molecule has 1 aromatic rings. The number of rotatable bonds is 7. The Balaban J connectivity index is 2.77. The highest BCUT2D eigenvalue weighted by atomic mass is 16.4. The first-order valence-electron chi connectivity index (χ1n) is 7.56. The largest absolute Gasteiger partial charge is 0.481 e. The van der Waals surface area contributed by atoms with Crippen molar-refractivity contribution < 1.29 is 19.5 Å². The second-order valence-corrected chi connectivity index (χ2v) is 5.96. The van der Waals surface area contributed by atoms with Crippen LogP contribution in [0.2, 0.25) is 0 Å². The smallest absolute Gasteiger partial charge is 0.305 e. The molecule has 0 aromatic heterocycles. The first-order valence-corrected chi connectivity index (χ1v) is 7.56. The summed E-state index contributed by atoms with van der Waals surface area (Å²) < 4.78 is 0. The number of carbonyl (C=O) groups excluding carboxylic acids is 2. The van der Waals surface area contributed by atoms with Crippen LogP contribution in [0.25, 0.3) is 0 Å². The molecule has 23 heavy (non-hydrogen) atoms. The molecule has 0 heterocycles. The van der Waals surface area contributed by atoms with Gasteiger partial charge in [0, 0.05) is 19.2 Å². The van der Waals surface area contributed by atoms with E-state index < -0.39 is 12.0 Å². The van der Waals surface area contributed by atoms with Crippen molar-refractivity contribution in [3.8, 4) is 0 Å². The summed E-state index contributed by atoms with van der Waals surface area (Å²) in [7, 11) is 1.54. The summed E-state index contributed by atoms with van der Waals surface area (Å²) in [4.78, 5) is 36.7. The molecule has 1 unspecified atom stereocenters. The van der Waals surface area contributed by atoms with E-state index in [1.807, 2.05) is 32.9 Å². The normalized spacial score (nSPS) is 11.9. The zero-order chi connectivity index (χ0) is 17.6.